The summed E-state index contributed by atoms with van der Waals surface area (Å²) in [5.41, 5.74) is 0.659. The molecule has 1 heterocycles. The number of fused-ring (bicyclic) bond motifs is 1. The van der Waals surface area contributed by atoms with Gasteiger partial charge in [0.1, 0.15) is 6.29 Å². The van der Waals surface area contributed by atoms with Crippen molar-refractivity contribution in [2.24, 2.45) is 0 Å². The quantitative estimate of drug-likeness (QED) is 0.442. The summed E-state index contributed by atoms with van der Waals surface area (Å²) in [7, 11) is 0. The SMILES string of the molecule is C[C@H]1CCN(C(=O)COc2ccc(C=O)cc2[N+](=O)[O-])c2ccccc2S1. The fourth-order valence-corrected chi connectivity index (χ4v) is 3.95. The maximum absolute atomic E-state index is 12.8. The Hall–Kier alpha value is -2.87. The van der Waals surface area contributed by atoms with Gasteiger partial charge in [0.25, 0.3) is 5.91 Å². The minimum Gasteiger partial charge on any atom is -0.477 e. The monoisotopic (exact) mass is 386 g/mol. The molecular weight excluding hydrogens is 368 g/mol. The topological polar surface area (TPSA) is 89.8 Å². The molecule has 0 bridgehead atoms. The van der Waals surface area contributed by atoms with Gasteiger partial charge in [-0.25, -0.2) is 0 Å². The molecule has 0 fully saturated rings. The van der Waals surface area contributed by atoms with Crippen LogP contribution in [0.4, 0.5) is 11.4 Å². The number of carbonyl (C=O) groups excluding carboxylic acids is 2. The van der Waals surface area contributed by atoms with Gasteiger partial charge in [-0.05, 0) is 30.7 Å². The van der Waals surface area contributed by atoms with Gasteiger partial charge in [-0.3, -0.25) is 19.7 Å². The van der Waals surface area contributed by atoms with Crippen molar-refractivity contribution >= 4 is 35.3 Å². The van der Waals surface area contributed by atoms with E-state index < -0.39 is 4.92 Å². The van der Waals surface area contributed by atoms with Crippen LogP contribution in [0, 0.1) is 10.1 Å². The van der Waals surface area contributed by atoms with Crippen LogP contribution in [-0.4, -0.2) is 35.5 Å². The zero-order valence-electron chi connectivity index (χ0n) is 14.7. The first-order valence-electron chi connectivity index (χ1n) is 8.42. The molecule has 27 heavy (non-hydrogen) atoms. The Morgan fingerprint density at radius 3 is 2.89 bits per heavy atom. The van der Waals surface area contributed by atoms with E-state index in [9.17, 15) is 19.7 Å². The third kappa shape index (κ3) is 4.28. The Kier molecular flexibility index (Phi) is 5.75. The van der Waals surface area contributed by atoms with Crippen LogP contribution >= 0.6 is 11.8 Å². The number of ether oxygens (including phenoxy) is 1. The van der Waals surface area contributed by atoms with Crippen LogP contribution in [0.15, 0.2) is 47.4 Å². The number of nitrogens with zero attached hydrogens (tertiary/aromatic N) is 2. The molecule has 2 aromatic rings. The van der Waals surface area contributed by atoms with Crippen LogP contribution in [0.3, 0.4) is 0 Å². The van der Waals surface area contributed by atoms with Crippen molar-refractivity contribution in [3.8, 4) is 5.75 Å². The lowest BCUT2D eigenvalue weighted by Crippen LogP contribution is -2.36. The van der Waals surface area contributed by atoms with Crippen molar-refractivity contribution in [2.75, 3.05) is 18.1 Å². The zero-order chi connectivity index (χ0) is 19.4. The molecule has 1 atom stereocenters. The van der Waals surface area contributed by atoms with Crippen molar-refractivity contribution < 1.29 is 19.2 Å². The van der Waals surface area contributed by atoms with E-state index in [-0.39, 0.29) is 29.5 Å². The van der Waals surface area contributed by atoms with Gasteiger partial charge in [0.15, 0.2) is 12.4 Å². The third-order valence-electron chi connectivity index (χ3n) is 4.21. The molecule has 0 N–H and O–H groups in total. The Labute approximate surface area is 160 Å². The number of thioether (sulfide) groups is 1. The average molecular weight is 386 g/mol. The molecule has 1 aliphatic rings. The molecule has 1 aliphatic heterocycles. The maximum Gasteiger partial charge on any atom is 0.311 e. The first-order valence-corrected chi connectivity index (χ1v) is 9.30. The van der Waals surface area contributed by atoms with Crippen LogP contribution in [-0.2, 0) is 4.79 Å². The number of carbonyl (C=O) groups is 2. The minimum absolute atomic E-state index is 0.0372. The molecule has 0 aromatic heterocycles. The summed E-state index contributed by atoms with van der Waals surface area (Å²) in [6.07, 6.45) is 1.36. The van der Waals surface area contributed by atoms with E-state index in [4.69, 9.17) is 4.74 Å². The number of nitro groups is 1. The number of nitro benzene ring substituents is 1. The van der Waals surface area contributed by atoms with Gasteiger partial charge in [0.05, 0.1) is 10.6 Å². The van der Waals surface area contributed by atoms with E-state index in [0.29, 0.717) is 18.1 Å². The van der Waals surface area contributed by atoms with Crippen LogP contribution in [0.1, 0.15) is 23.7 Å². The summed E-state index contributed by atoms with van der Waals surface area (Å²) >= 11 is 1.72. The van der Waals surface area contributed by atoms with E-state index in [0.717, 1.165) is 23.1 Å². The number of benzene rings is 2. The van der Waals surface area contributed by atoms with Crippen molar-refractivity contribution in [2.45, 2.75) is 23.5 Å². The summed E-state index contributed by atoms with van der Waals surface area (Å²) in [5.74, 6) is -0.310. The highest BCUT2D eigenvalue weighted by atomic mass is 32.2. The molecule has 0 saturated carbocycles. The summed E-state index contributed by atoms with van der Waals surface area (Å²) in [6.45, 7) is 2.35. The molecular formula is C19H18N2O5S. The van der Waals surface area contributed by atoms with Gasteiger partial charge in [0, 0.05) is 28.3 Å². The van der Waals surface area contributed by atoms with Gasteiger partial charge in [-0.1, -0.05) is 19.1 Å². The largest absolute Gasteiger partial charge is 0.477 e. The second-order valence-corrected chi connectivity index (χ2v) is 7.60. The van der Waals surface area contributed by atoms with Gasteiger partial charge in [-0.2, -0.15) is 0 Å². The van der Waals surface area contributed by atoms with Gasteiger partial charge >= 0.3 is 5.69 Å². The highest BCUT2D eigenvalue weighted by molar-refractivity contribution is 8.00. The number of para-hydroxylation sites is 1. The fraction of sp³-hybridized carbons (Fsp3) is 0.263. The maximum atomic E-state index is 12.8. The normalized spacial score (nSPS) is 16.2. The molecule has 0 spiro atoms. The van der Waals surface area contributed by atoms with Crippen molar-refractivity contribution in [1.29, 1.82) is 0 Å². The number of hydrogen-bond acceptors (Lipinski definition) is 6. The van der Waals surface area contributed by atoms with Gasteiger partial charge in [0.2, 0.25) is 0 Å². The third-order valence-corrected chi connectivity index (χ3v) is 5.45. The molecule has 1 amide bonds. The Morgan fingerprint density at radius 1 is 1.37 bits per heavy atom. The van der Waals surface area contributed by atoms with E-state index in [1.807, 2.05) is 24.3 Å². The lowest BCUT2D eigenvalue weighted by molar-refractivity contribution is -0.385. The second-order valence-electron chi connectivity index (χ2n) is 6.12. The molecule has 7 nitrogen and oxygen atoms in total. The Morgan fingerprint density at radius 2 is 2.15 bits per heavy atom. The molecule has 0 radical (unpaired) electrons. The summed E-state index contributed by atoms with van der Waals surface area (Å²) < 4.78 is 5.44. The van der Waals surface area contributed by atoms with E-state index in [1.54, 1.807) is 16.7 Å². The molecule has 0 aliphatic carbocycles. The van der Waals surface area contributed by atoms with Gasteiger partial charge < -0.3 is 9.64 Å². The molecule has 8 heteroatoms. The highest BCUT2D eigenvalue weighted by Gasteiger charge is 2.25. The molecule has 3 rings (SSSR count). The predicted octanol–water partition coefficient (Wildman–Crippen LogP) is 3.70. The van der Waals surface area contributed by atoms with Crippen molar-refractivity contribution in [3.63, 3.8) is 0 Å². The Balaban J connectivity index is 1.79. The lowest BCUT2D eigenvalue weighted by atomic mass is 10.2. The molecule has 140 valence electrons. The fourth-order valence-electron chi connectivity index (χ4n) is 2.84. The number of anilines is 1. The summed E-state index contributed by atoms with van der Waals surface area (Å²) in [6, 6.07) is 11.6. The van der Waals surface area contributed by atoms with Crippen LogP contribution in [0.2, 0.25) is 0 Å². The second kappa shape index (κ2) is 8.22. The average Bonchev–Trinajstić information content (AvgIpc) is 2.84. The Bertz CT molecular complexity index is 886. The first-order chi connectivity index (χ1) is 13.0. The zero-order valence-corrected chi connectivity index (χ0v) is 15.5. The number of rotatable bonds is 5. The summed E-state index contributed by atoms with van der Waals surface area (Å²) in [4.78, 5) is 36.8. The van der Waals surface area contributed by atoms with Crippen molar-refractivity contribution in [1.82, 2.24) is 0 Å². The van der Waals surface area contributed by atoms with Crippen LogP contribution in [0.25, 0.3) is 0 Å². The lowest BCUT2D eigenvalue weighted by Gasteiger charge is -2.22. The number of amides is 1. The number of aldehydes is 1. The van der Waals surface area contributed by atoms with Gasteiger partial charge in [-0.15, -0.1) is 11.8 Å². The van der Waals surface area contributed by atoms with Crippen LogP contribution < -0.4 is 9.64 Å². The van der Waals surface area contributed by atoms with Crippen molar-refractivity contribution in [3.05, 3.63) is 58.1 Å². The smallest absolute Gasteiger partial charge is 0.311 e. The molecule has 2 aromatic carbocycles. The van der Waals surface area contributed by atoms with Crippen LogP contribution in [0.5, 0.6) is 5.75 Å². The molecule has 0 unspecified atom stereocenters. The minimum atomic E-state index is -0.633. The predicted molar refractivity (Wildman–Crippen MR) is 103 cm³/mol. The molecule has 0 saturated heterocycles. The first kappa shape index (κ1) is 18.9. The summed E-state index contributed by atoms with van der Waals surface area (Å²) in [5, 5.41) is 11.6. The van der Waals surface area contributed by atoms with E-state index >= 15 is 0 Å². The van der Waals surface area contributed by atoms with E-state index in [2.05, 4.69) is 6.92 Å². The standard InChI is InChI=1S/C19H18N2O5S/c1-13-8-9-20(15-4-2-3-5-18(15)27-13)19(23)12-26-17-7-6-14(11-22)10-16(17)21(24)25/h2-7,10-11,13H,8-9,12H2,1H3/t13-/m0/s1. The highest BCUT2D eigenvalue weighted by Crippen LogP contribution is 2.37. The number of hydrogen-bond donors (Lipinski definition) is 0. The van der Waals surface area contributed by atoms with E-state index in [1.165, 1.54) is 12.1 Å².